The Morgan fingerprint density at radius 2 is 1.65 bits per heavy atom. The number of nitrogens with one attached hydrogen (secondary N) is 1. The molecule has 0 aliphatic carbocycles. The monoisotopic (exact) mass is 429 g/mol. The fourth-order valence-corrected chi connectivity index (χ4v) is 3.06. The Hall–Kier alpha value is -2.51. The molecule has 1 heterocycles. The van der Waals surface area contributed by atoms with Gasteiger partial charge >= 0.3 is 0 Å². The summed E-state index contributed by atoms with van der Waals surface area (Å²) in [5.74, 6) is -0.942. The summed E-state index contributed by atoms with van der Waals surface area (Å²) < 4.78 is 0.886. The maximum atomic E-state index is 12.9. The van der Waals surface area contributed by atoms with Gasteiger partial charge < -0.3 is 4.90 Å². The second kappa shape index (κ2) is 7.39. The van der Waals surface area contributed by atoms with E-state index in [0.717, 1.165) is 15.7 Å². The summed E-state index contributed by atoms with van der Waals surface area (Å²) in [7, 11) is 3.89. The van der Waals surface area contributed by atoms with Gasteiger partial charge in [-0.05, 0) is 60.3 Å². The number of carbonyl (C=O) groups excluding carboxylic acids is 2. The molecular weight excluding hydrogens is 414 g/mol. The summed E-state index contributed by atoms with van der Waals surface area (Å²) in [6, 6.07) is 14.7. The van der Waals surface area contributed by atoms with E-state index < -0.39 is 11.8 Å². The number of benzene rings is 2. The molecule has 7 heteroatoms. The summed E-state index contributed by atoms with van der Waals surface area (Å²) in [5, 5.41) is 2.65. The lowest BCUT2D eigenvalue weighted by molar-refractivity contribution is -0.122. The first-order chi connectivity index (χ1) is 12.4. The van der Waals surface area contributed by atoms with Crippen LogP contribution in [-0.4, -0.2) is 31.0 Å². The Balaban J connectivity index is 1.95. The van der Waals surface area contributed by atoms with E-state index in [4.69, 9.17) is 12.2 Å². The third kappa shape index (κ3) is 3.68. The maximum Gasteiger partial charge on any atom is 0.270 e. The molecule has 0 radical (unpaired) electrons. The van der Waals surface area contributed by atoms with Gasteiger partial charge in [0.15, 0.2) is 5.11 Å². The van der Waals surface area contributed by atoms with Crippen LogP contribution in [0.25, 0.3) is 6.08 Å². The molecule has 3 rings (SSSR count). The van der Waals surface area contributed by atoms with Crippen molar-refractivity contribution in [3.8, 4) is 0 Å². The van der Waals surface area contributed by atoms with Gasteiger partial charge in [0.05, 0.1) is 5.69 Å². The van der Waals surface area contributed by atoms with Crippen molar-refractivity contribution in [1.29, 1.82) is 0 Å². The SMILES string of the molecule is CN(C)c1ccc(/C=C2\C(=O)NC(=S)N(c3ccc(Br)cc3)C2=O)cc1. The van der Waals surface area contributed by atoms with Gasteiger partial charge in [0, 0.05) is 24.3 Å². The van der Waals surface area contributed by atoms with Crippen LogP contribution in [0.4, 0.5) is 11.4 Å². The van der Waals surface area contributed by atoms with Crippen molar-refractivity contribution in [2.24, 2.45) is 0 Å². The number of rotatable bonds is 3. The van der Waals surface area contributed by atoms with Crippen LogP contribution in [0.3, 0.4) is 0 Å². The summed E-state index contributed by atoms with van der Waals surface area (Å²) in [6.45, 7) is 0. The molecule has 5 nitrogen and oxygen atoms in total. The molecule has 26 heavy (non-hydrogen) atoms. The number of thiocarbonyl (C=S) groups is 1. The second-order valence-electron chi connectivity index (χ2n) is 5.92. The van der Waals surface area contributed by atoms with Crippen LogP contribution in [0.15, 0.2) is 58.6 Å². The van der Waals surface area contributed by atoms with Crippen molar-refractivity contribution >= 4 is 62.5 Å². The molecule has 0 bridgehead atoms. The van der Waals surface area contributed by atoms with Gasteiger partial charge in [0.2, 0.25) is 0 Å². The molecule has 1 aliphatic rings. The Kier molecular flexibility index (Phi) is 5.20. The largest absolute Gasteiger partial charge is 0.378 e. The van der Waals surface area contributed by atoms with E-state index >= 15 is 0 Å². The van der Waals surface area contributed by atoms with Gasteiger partial charge in [-0.15, -0.1) is 0 Å². The Labute approximate surface area is 165 Å². The van der Waals surface area contributed by atoms with Crippen LogP contribution < -0.4 is 15.1 Å². The summed E-state index contributed by atoms with van der Waals surface area (Å²) >= 11 is 8.55. The Morgan fingerprint density at radius 1 is 1.04 bits per heavy atom. The lowest BCUT2D eigenvalue weighted by Crippen LogP contribution is -2.54. The lowest BCUT2D eigenvalue weighted by Gasteiger charge is -2.29. The van der Waals surface area contributed by atoms with Crippen LogP contribution in [0.5, 0.6) is 0 Å². The number of carbonyl (C=O) groups is 2. The minimum absolute atomic E-state index is 0.0409. The van der Waals surface area contributed by atoms with Crippen LogP contribution in [0.2, 0.25) is 0 Å². The average Bonchev–Trinajstić information content (AvgIpc) is 2.60. The zero-order valence-electron chi connectivity index (χ0n) is 14.2. The van der Waals surface area contributed by atoms with E-state index in [0.29, 0.717) is 5.69 Å². The van der Waals surface area contributed by atoms with Crippen molar-refractivity contribution in [3.63, 3.8) is 0 Å². The molecule has 1 saturated heterocycles. The summed E-state index contributed by atoms with van der Waals surface area (Å²) in [6.07, 6.45) is 1.57. The lowest BCUT2D eigenvalue weighted by atomic mass is 10.1. The van der Waals surface area contributed by atoms with Gasteiger partial charge in [-0.2, -0.15) is 0 Å². The molecule has 2 amide bonds. The van der Waals surface area contributed by atoms with E-state index in [1.807, 2.05) is 55.4 Å². The van der Waals surface area contributed by atoms with Crippen LogP contribution in [-0.2, 0) is 9.59 Å². The highest BCUT2D eigenvalue weighted by atomic mass is 79.9. The van der Waals surface area contributed by atoms with Crippen molar-refractivity contribution in [3.05, 3.63) is 64.1 Å². The zero-order valence-corrected chi connectivity index (χ0v) is 16.6. The zero-order chi connectivity index (χ0) is 18.8. The Bertz CT molecular complexity index is 905. The minimum atomic E-state index is -0.495. The molecule has 1 N–H and O–H groups in total. The fraction of sp³-hybridized carbons (Fsp3) is 0.105. The molecule has 2 aromatic carbocycles. The van der Waals surface area contributed by atoms with Crippen LogP contribution in [0.1, 0.15) is 5.56 Å². The predicted molar refractivity (Wildman–Crippen MR) is 111 cm³/mol. The van der Waals surface area contributed by atoms with Crippen molar-refractivity contribution in [2.45, 2.75) is 0 Å². The third-order valence-corrected chi connectivity index (χ3v) is 4.72. The molecule has 0 unspecified atom stereocenters. The summed E-state index contributed by atoms with van der Waals surface area (Å²) in [4.78, 5) is 28.5. The molecule has 0 spiro atoms. The highest BCUT2D eigenvalue weighted by Gasteiger charge is 2.34. The smallest absolute Gasteiger partial charge is 0.270 e. The highest BCUT2D eigenvalue weighted by Crippen LogP contribution is 2.24. The molecule has 0 atom stereocenters. The molecule has 2 aromatic rings. The standard InChI is InChI=1S/C19H16BrN3O2S/c1-22(2)14-7-3-12(4-8-14)11-16-17(24)21-19(26)23(18(16)25)15-9-5-13(20)6-10-15/h3-11H,1-2H3,(H,21,24,26)/b16-11+. The minimum Gasteiger partial charge on any atom is -0.378 e. The van der Waals surface area contributed by atoms with Crippen molar-refractivity contribution in [2.75, 3.05) is 23.9 Å². The quantitative estimate of drug-likeness (QED) is 0.461. The first-order valence-electron chi connectivity index (χ1n) is 7.81. The van der Waals surface area contributed by atoms with E-state index in [1.165, 1.54) is 4.90 Å². The predicted octanol–water partition coefficient (Wildman–Crippen LogP) is 3.35. The number of amides is 2. The first-order valence-corrected chi connectivity index (χ1v) is 9.01. The number of hydrogen-bond acceptors (Lipinski definition) is 4. The van der Waals surface area contributed by atoms with E-state index in [9.17, 15) is 9.59 Å². The van der Waals surface area contributed by atoms with E-state index in [1.54, 1.807) is 18.2 Å². The normalized spacial score (nSPS) is 16.0. The molecule has 0 saturated carbocycles. The van der Waals surface area contributed by atoms with Crippen LogP contribution >= 0.6 is 28.1 Å². The van der Waals surface area contributed by atoms with E-state index in [-0.39, 0.29) is 10.7 Å². The number of halogens is 1. The second-order valence-corrected chi connectivity index (χ2v) is 7.22. The molecule has 0 aromatic heterocycles. The number of anilines is 2. The first kappa shape index (κ1) is 18.3. The van der Waals surface area contributed by atoms with Crippen molar-refractivity contribution in [1.82, 2.24) is 5.32 Å². The maximum absolute atomic E-state index is 12.9. The van der Waals surface area contributed by atoms with Gasteiger partial charge in [-0.25, -0.2) is 0 Å². The topological polar surface area (TPSA) is 52.7 Å². The van der Waals surface area contributed by atoms with E-state index in [2.05, 4.69) is 21.2 Å². The van der Waals surface area contributed by atoms with Crippen molar-refractivity contribution < 1.29 is 9.59 Å². The molecule has 1 aliphatic heterocycles. The average molecular weight is 430 g/mol. The number of hydrogen-bond donors (Lipinski definition) is 1. The van der Waals surface area contributed by atoms with Gasteiger partial charge in [-0.1, -0.05) is 28.1 Å². The fourth-order valence-electron chi connectivity index (χ4n) is 2.52. The number of nitrogens with zero attached hydrogens (tertiary/aromatic N) is 2. The third-order valence-electron chi connectivity index (χ3n) is 3.91. The molecular formula is C19H16BrN3O2S. The van der Waals surface area contributed by atoms with Gasteiger partial charge in [-0.3, -0.25) is 19.8 Å². The van der Waals surface area contributed by atoms with Crippen LogP contribution in [0, 0.1) is 0 Å². The molecule has 1 fully saturated rings. The van der Waals surface area contributed by atoms with Gasteiger partial charge in [0.25, 0.3) is 11.8 Å². The molecule has 132 valence electrons. The Morgan fingerprint density at radius 3 is 2.23 bits per heavy atom. The highest BCUT2D eigenvalue weighted by molar-refractivity contribution is 9.10. The summed E-state index contributed by atoms with van der Waals surface area (Å²) in [5.41, 5.74) is 2.43. The van der Waals surface area contributed by atoms with Gasteiger partial charge in [0.1, 0.15) is 5.57 Å².